The molecule has 6 nitrogen and oxygen atoms in total. The van der Waals surface area contributed by atoms with E-state index in [0.717, 1.165) is 5.56 Å². The molecule has 0 fully saturated rings. The Labute approximate surface area is 141 Å². The molecule has 3 rings (SSSR count). The van der Waals surface area contributed by atoms with Crippen molar-refractivity contribution in [3.8, 4) is 0 Å². The Morgan fingerprint density at radius 1 is 1.29 bits per heavy atom. The van der Waals surface area contributed by atoms with Crippen LogP contribution < -0.4 is 4.31 Å². The fraction of sp³-hybridized carbons (Fsp3) is 0.353. The number of anilines is 1. The van der Waals surface area contributed by atoms with Gasteiger partial charge >= 0.3 is 5.97 Å². The molecule has 0 saturated heterocycles. The summed E-state index contributed by atoms with van der Waals surface area (Å²) >= 11 is 0. The highest BCUT2D eigenvalue weighted by atomic mass is 32.2. The molecule has 0 N–H and O–H groups in total. The van der Waals surface area contributed by atoms with Crippen LogP contribution in [0.25, 0.3) is 0 Å². The maximum atomic E-state index is 13.3. The Balaban J connectivity index is 2.15. The smallest absolute Gasteiger partial charge is 0.354 e. The number of rotatable bonds is 3. The maximum absolute atomic E-state index is 13.3. The van der Waals surface area contributed by atoms with Crippen LogP contribution >= 0.6 is 0 Å². The van der Waals surface area contributed by atoms with Crippen LogP contribution in [0.1, 0.15) is 28.7 Å². The van der Waals surface area contributed by atoms with Crippen LogP contribution in [-0.2, 0) is 28.2 Å². The molecule has 1 unspecified atom stereocenters. The molecule has 1 atom stereocenters. The summed E-state index contributed by atoms with van der Waals surface area (Å²) < 4.78 is 34.3. The van der Waals surface area contributed by atoms with Crippen LogP contribution in [-0.4, -0.2) is 32.1 Å². The molecule has 1 aliphatic rings. The monoisotopic (exact) mass is 348 g/mol. The molecular formula is C17H20N2O4S. The lowest BCUT2D eigenvalue weighted by atomic mass is 10.1. The number of sulfonamides is 1. The van der Waals surface area contributed by atoms with Crippen LogP contribution in [0.4, 0.5) is 5.69 Å². The van der Waals surface area contributed by atoms with Crippen molar-refractivity contribution in [3.05, 3.63) is 47.3 Å². The van der Waals surface area contributed by atoms with E-state index >= 15 is 0 Å². The molecule has 2 heterocycles. The standard InChI is InChI=1S/C17H20N2O4S/c1-11-9-13-7-5-6-8-14(13)19(11)24(21,22)16-10-15(17(20)23-4)18(3)12(16)2/h5-8,10-11H,9H2,1-4H3. The van der Waals surface area contributed by atoms with Crippen molar-refractivity contribution in [1.82, 2.24) is 4.57 Å². The van der Waals surface area contributed by atoms with Crippen LogP contribution in [0.3, 0.4) is 0 Å². The van der Waals surface area contributed by atoms with E-state index < -0.39 is 16.0 Å². The normalized spacial score (nSPS) is 17.0. The average molecular weight is 348 g/mol. The van der Waals surface area contributed by atoms with E-state index in [0.29, 0.717) is 17.8 Å². The number of benzene rings is 1. The summed E-state index contributed by atoms with van der Waals surface area (Å²) in [7, 11) is -0.840. The molecule has 1 aromatic heterocycles. The Bertz CT molecular complexity index is 915. The van der Waals surface area contributed by atoms with Gasteiger partial charge in [0.25, 0.3) is 10.0 Å². The highest BCUT2D eigenvalue weighted by Gasteiger charge is 2.38. The predicted octanol–water partition coefficient (Wildman–Crippen LogP) is 2.26. The van der Waals surface area contributed by atoms with E-state index in [1.54, 1.807) is 18.5 Å². The lowest BCUT2D eigenvalue weighted by Crippen LogP contribution is -2.35. The highest BCUT2D eigenvalue weighted by molar-refractivity contribution is 7.93. The van der Waals surface area contributed by atoms with Gasteiger partial charge in [0.1, 0.15) is 10.6 Å². The molecule has 0 bridgehead atoms. The van der Waals surface area contributed by atoms with Crippen molar-refractivity contribution < 1.29 is 17.9 Å². The van der Waals surface area contributed by atoms with E-state index in [4.69, 9.17) is 4.74 Å². The molecule has 0 saturated carbocycles. The first-order chi connectivity index (χ1) is 11.3. The van der Waals surface area contributed by atoms with E-state index in [9.17, 15) is 13.2 Å². The highest BCUT2D eigenvalue weighted by Crippen LogP contribution is 2.37. The van der Waals surface area contributed by atoms with Crippen LogP contribution in [0.5, 0.6) is 0 Å². The summed E-state index contributed by atoms with van der Waals surface area (Å²) in [5.41, 5.74) is 2.43. The Morgan fingerprint density at radius 2 is 1.96 bits per heavy atom. The molecule has 1 aromatic carbocycles. The largest absolute Gasteiger partial charge is 0.464 e. The van der Waals surface area contributed by atoms with Crippen LogP contribution in [0.15, 0.2) is 35.2 Å². The lowest BCUT2D eigenvalue weighted by molar-refractivity contribution is 0.0589. The summed E-state index contributed by atoms with van der Waals surface area (Å²) in [5.74, 6) is -0.558. The molecule has 128 valence electrons. The number of methoxy groups -OCH3 is 1. The molecule has 7 heteroatoms. The van der Waals surface area contributed by atoms with Crippen molar-refractivity contribution in [2.45, 2.75) is 31.2 Å². The third-order valence-electron chi connectivity index (χ3n) is 4.56. The second-order valence-electron chi connectivity index (χ2n) is 6.01. The predicted molar refractivity (Wildman–Crippen MR) is 90.8 cm³/mol. The molecule has 2 aromatic rings. The van der Waals surface area contributed by atoms with Crippen molar-refractivity contribution >= 4 is 21.7 Å². The van der Waals surface area contributed by atoms with Gasteiger partial charge in [-0.1, -0.05) is 18.2 Å². The van der Waals surface area contributed by atoms with Gasteiger partial charge in [-0.3, -0.25) is 4.31 Å². The van der Waals surface area contributed by atoms with Crippen LogP contribution in [0, 0.1) is 6.92 Å². The lowest BCUT2D eigenvalue weighted by Gasteiger charge is -2.24. The van der Waals surface area contributed by atoms with Gasteiger partial charge in [0.05, 0.1) is 12.8 Å². The summed E-state index contributed by atoms with van der Waals surface area (Å²) in [4.78, 5) is 12.0. The Kier molecular flexibility index (Phi) is 3.91. The first kappa shape index (κ1) is 16.6. The topological polar surface area (TPSA) is 68.6 Å². The van der Waals surface area contributed by atoms with Gasteiger partial charge in [-0.15, -0.1) is 0 Å². The average Bonchev–Trinajstić information content (AvgIpc) is 3.04. The van der Waals surface area contributed by atoms with E-state index in [-0.39, 0.29) is 16.6 Å². The molecule has 1 aliphatic heterocycles. The maximum Gasteiger partial charge on any atom is 0.354 e. The zero-order valence-electron chi connectivity index (χ0n) is 14.1. The molecule has 0 radical (unpaired) electrons. The minimum absolute atomic E-state index is 0.133. The van der Waals surface area contributed by atoms with E-state index in [2.05, 4.69) is 0 Å². The van der Waals surface area contributed by atoms with Crippen LogP contribution in [0.2, 0.25) is 0 Å². The van der Waals surface area contributed by atoms with Gasteiger partial charge in [0.2, 0.25) is 0 Å². The number of aromatic nitrogens is 1. The molecule has 24 heavy (non-hydrogen) atoms. The Hall–Kier alpha value is -2.28. The van der Waals surface area contributed by atoms with Gasteiger partial charge < -0.3 is 9.30 Å². The van der Waals surface area contributed by atoms with Crippen molar-refractivity contribution in [3.63, 3.8) is 0 Å². The molecule has 0 aliphatic carbocycles. The summed E-state index contributed by atoms with van der Waals surface area (Å²) in [6.07, 6.45) is 0.672. The zero-order valence-corrected chi connectivity index (χ0v) is 14.9. The summed E-state index contributed by atoms with van der Waals surface area (Å²) in [6, 6.07) is 8.72. The second-order valence-corrected chi connectivity index (χ2v) is 7.80. The summed E-state index contributed by atoms with van der Waals surface area (Å²) in [5, 5.41) is 0. The number of fused-ring (bicyclic) bond motifs is 1. The van der Waals surface area contributed by atoms with Crippen molar-refractivity contribution in [1.29, 1.82) is 0 Å². The fourth-order valence-electron chi connectivity index (χ4n) is 3.24. The third-order valence-corrected chi connectivity index (χ3v) is 6.61. The van der Waals surface area contributed by atoms with Crippen molar-refractivity contribution in [2.75, 3.05) is 11.4 Å². The van der Waals surface area contributed by atoms with Crippen molar-refractivity contribution in [2.24, 2.45) is 7.05 Å². The molecule has 0 amide bonds. The third kappa shape index (κ3) is 2.31. The van der Waals surface area contributed by atoms with Gasteiger partial charge in [-0.2, -0.15) is 0 Å². The van der Waals surface area contributed by atoms with Gasteiger partial charge in [0, 0.05) is 18.8 Å². The van der Waals surface area contributed by atoms with E-state index in [1.165, 1.54) is 17.5 Å². The van der Waals surface area contributed by atoms with Gasteiger partial charge in [-0.25, -0.2) is 13.2 Å². The number of nitrogens with zero attached hydrogens (tertiary/aromatic N) is 2. The first-order valence-corrected chi connectivity index (χ1v) is 9.10. The first-order valence-electron chi connectivity index (χ1n) is 7.66. The number of carbonyl (C=O) groups is 1. The van der Waals surface area contributed by atoms with E-state index in [1.807, 2.05) is 31.2 Å². The number of ether oxygens (including phenoxy) is 1. The number of carbonyl (C=O) groups excluding carboxylic acids is 1. The number of hydrogen-bond donors (Lipinski definition) is 0. The van der Waals surface area contributed by atoms with Gasteiger partial charge in [-0.05, 0) is 38.0 Å². The minimum atomic E-state index is -3.77. The Morgan fingerprint density at radius 3 is 2.62 bits per heavy atom. The quantitative estimate of drug-likeness (QED) is 0.798. The number of para-hydroxylation sites is 1. The zero-order chi connectivity index (χ0) is 17.6. The van der Waals surface area contributed by atoms with Gasteiger partial charge in [0.15, 0.2) is 0 Å². The minimum Gasteiger partial charge on any atom is -0.464 e. The number of hydrogen-bond acceptors (Lipinski definition) is 4. The second kappa shape index (κ2) is 5.66. The summed E-state index contributed by atoms with van der Waals surface area (Å²) in [6.45, 7) is 3.57. The SMILES string of the molecule is COC(=O)c1cc(S(=O)(=O)N2c3ccccc3CC2C)c(C)n1C. The number of esters is 1. The molecular weight excluding hydrogens is 328 g/mol. The molecule has 0 spiro atoms. The fourth-order valence-corrected chi connectivity index (χ4v) is 5.21.